The molecule has 0 bridgehead atoms. The van der Waals surface area contributed by atoms with Gasteiger partial charge in [0.05, 0.1) is 18.1 Å². The lowest BCUT2D eigenvalue weighted by molar-refractivity contribution is -0.118. The Bertz CT molecular complexity index is 903. The van der Waals surface area contributed by atoms with Crippen molar-refractivity contribution in [2.45, 2.75) is 6.92 Å². The van der Waals surface area contributed by atoms with Crippen LogP contribution >= 0.6 is 0 Å². The Kier molecular flexibility index (Phi) is 5.23. The van der Waals surface area contributed by atoms with Crippen LogP contribution in [0.15, 0.2) is 60.0 Å². The summed E-state index contributed by atoms with van der Waals surface area (Å²) >= 11 is 0. The zero-order chi connectivity index (χ0) is 18.4. The van der Waals surface area contributed by atoms with Crippen LogP contribution in [0.3, 0.4) is 0 Å². The summed E-state index contributed by atoms with van der Waals surface area (Å²) in [5, 5.41) is 6.89. The van der Waals surface area contributed by atoms with Crippen LogP contribution in [0.2, 0.25) is 0 Å². The average Bonchev–Trinajstić information content (AvgIpc) is 2.97. The number of nitrogens with one attached hydrogen (secondary N) is 1. The minimum atomic E-state index is -0.278. The maximum atomic E-state index is 11.8. The van der Waals surface area contributed by atoms with Crippen molar-refractivity contribution in [1.29, 1.82) is 0 Å². The molecule has 0 saturated heterocycles. The molecular weight excluding hydrogens is 332 g/mol. The number of carbonyl (C=O) groups excluding carboxylic acids is 1. The molecular formula is C18H18N6O2. The molecule has 3 rings (SSSR count). The van der Waals surface area contributed by atoms with Crippen LogP contribution in [0.25, 0.3) is 0 Å². The van der Waals surface area contributed by atoms with E-state index in [0.29, 0.717) is 17.5 Å². The third kappa shape index (κ3) is 4.67. The number of aromatic nitrogens is 3. The van der Waals surface area contributed by atoms with Gasteiger partial charge in [-0.05, 0) is 48.9 Å². The zero-order valence-corrected chi connectivity index (χ0v) is 14.2. The Morgan fingerprint density at radius 1 is 1.31 bits per heavy atom. The fourth-order valence-corrected chi connectivity index (χ4v) is 2.14. The molecule has 0 radical (unpaired) electrons. The van der Waals surface area contributed by atoms with E-state index in [1.165, 1.54) is 4.68 Å². The van der Waals surface area contributed by atoms with Crippen molar-refractivity contribution in [1.82, 2.24) is 14.6 Å². The molecule has 0 spiro atoms. The standard InChI is InChI=1S/C18H18N6O2/c1-13-11-24(18(19)22-13)21-10-14-5-7-15(8-6-14)26-12-17(25)23-16-4-2-3-9-20-16/h2-11H,12H2,1H3,(H2,19,22)(H,20,23,25). The maximum Gasteiger partial charge on any atom is 0.263 e. The van der Waals surface area contributed by atoms with Gasteiger partial charge in [-0.15, -0.1) is 0 Å². The lowest BCUT2D eigenvalue weighted by Crippen LogP contribution is -2.20. The molecule has 0 fully saturated rings. The number of hydrogen-bond donors (Lipinski definition) is 2. The summed E-state index contributed by atoms with van der Waals surface area (Å²) in [5.74, 6) is 1.12. The Hall–Kier alpha value is -3.68. The highest BCUT2D eigenvalue weighted by Crippen LogP contribution is 2.12. The molecule has 1 amide bonds. The lowest BCUT2D eigenvalue weighted by Gasteiger charge is -2.07. The Balaban J connectivity index is 1.53. The van der Waals surface area contributed by atoms with Gasteiger partial charge in [-0.2, -0.15) is 5.10 Å². The molecule has 0 saturated carbocycles. The molecule has 8 heteroatoms. The number of rotatable bonds is 6. The molecule has 26 heavy (non-hydrogen) atoms. The summed E-state index contributed by atoms with van der Waals surface area (Å²) < 4.78 is 6.96. The van der Waals surface area contributed by atoms with E-state index in [1.807, 2.05) is 19.1 Å². The number of pyridine rings is 1. The summed E-state index contributed by atoms with van der Waals surface area (Å²) in [6.07, 6.45) is 5.01. The molecule has 0 aliphatic carbocycles. The first kappa shape index (κ1) is 17.2. The normalized spacial score (nSPS) is 10.8. The second-order valence-corrected chi connectivity index (χ2v) is 5.45. The van der Waals surface area contributed by atoms with Gasteiger partial charge >= 0.3 is 0 Å². The van der Waals surface area contributed by atoms with Gasteiger partial charge in [0.15, 0.2) is 6.61 Å². The van der Waals surface area contributed by atoms with E-state index >= 15 is 0 Å². The number of imidazole rings is 1. The quantitative estimate of drug-likeness (QED) is 0.662. The molecule has 0 atom stereocenters. The van der Waals surface area contributed by atoms with Crippen molar-refractivity contribution >= 4 is 23.9 Å². The number of nitrogen functional groups attached to an aromatic ring is 1. The van der Waals surface area contributed by atoms with Crippen LogP contribution in [0.4, 0.5) is 11.8 Å². The van der Waals surface area contributed by atoms with Crippen molar-refractivity contribution in [3.05, 3.63) is 66.1 Å². The second-order valence-electron chi connectivity index (χ2n) is 5.45. The predicted octanol–water partition coefficient (Wildman–Crippen LogP) is 2.07. The first-order valence-electron chi connectivity index (χ1n) is 7.90. The van der Waals surface area contributed by atoms with E-state index in [1.54, 1.807) is 48.9 Å². The van der Waals surface area contributed by atoms with Crippen LogP contribution < -0.4 is 15.8 Å². The van der Waals surface area contributed by atoms with Crippen LogP contribution in [-0.2, 0) is 4.79 Å². The molecule has 2 aromatic heterocycles. The van der Waals surface area contributed by atoms with E-state index < -0.39 is 0 Å². The molecule has 0 aliphatic rings. The topological polar surface area (TPSA) is 107 Å². The first-order chi connectivity index (χ1) is 12.6. The summed E-state index contributed by atoms with van der Waals surface area (Å²) in [6.45, 7) is 1.74. The molecule has 0 unspecified atom stereocenters. The fraction of sp³-hybridized carbons (Fsp3) is 0.111. The Labute approximate surface area is 150 Å². The van der Waals surface area contributed by atoms with Gasteiger partial charge < -0.3 is 15.8 Å². The highest BCUT2D eigenvalue weighted by atomic mass is 16.5. The molecule has 1 aromatic carbocycles. The van der Waals surface area contributed by atoms with Crippen LogP contribution in [0.1, 0.15) is 11.3 Å². The van der Waals surface area contributed by atoms with Crippen molar-refractivity contribution < 1.29 is 9.53 Å². The number of ether oxygens (including phenoxy) is 1. The third-order valence-electron chi connectivity index (χ3n) is 3.35. The van der Waals surface area contributed by atoms with E-state index in [-0.39, 0.29) is 12.5 Å². The molecule has 3 N–H and O–H groups in total. The second kappa shape index (κ2) is 7.93. The van der Waals surface area contributed by atoms with Gasteiger partial charge in [0.2, 0.25) is 5.95 Å². The van der Waals surface area contributed by atoms with Gasteiger partial charge in [-0.25, -0.2) is 14.6 Å². The van der Waals surface area contributed by atoms with Gasteiger partial charge in [-0.3, -0.25) is 4.79 Å². The minimum absolute atomic E-state index is 0.102. The van der Waals surface area contributed by atoms with Gasteiger partial charge in [-0.1, -0.05) is 6.07 Å². The summed E-state index contributed by atoms with van der Waals surface area (Å²) in [5.41, 5.74) is 7.39. The molecule has 2 heterocycles. The first-order valence-corrected chi connectivity index (χ1v) is 7.90. The van der Waals surface area contributed by atoms with Crippen LogP contribution in [0, 0.1) is 6.92 Å². The number of hydrogen-bond acceptors (Lipinski definition) is 6. The van der Waals surface area contributed by atoms with Crippen molar-refractivity contribution in [3.8, 4) is 5.75 Å². The Morgan fingerprint density at radius 2 is 2.12 bits per heavy atom. The molecule has 3 aromatic rings. The van der Waals surface area contributed by atoms with Crippen molar-refractivity contribution in [3.63, 3.8) is 0 Å². The SMILES string of the molecule is Cc1cn(N=Cc2ccc(OCC(=O)Nc3ccccn3)cc2)c(N)n1. The molecule has 132 valence electrons. The minimum Gasteiger partial charge on any atom is -0.484 e. The van der Waals surface area contributed by atoms with Gasteiger partial charge in [0, 0.05) is 6.20 Å². The Morgan fingerprint density at radius 3 is 2.77 bits per heavy atom. The summed E-state index contributed by atoms with van der Waals surface area (Å²) in [6, 6.07) is 12.5. The van der Waals surface area contributed by atoms with Crippen molar-refractivity contribution in [2.75, 3.05) is 17.7 Å². The number of carbonyl (C=O) groups is 1. The highest BCUT2D eigenvalue weighted by molar-refractivity contribution is 5.90. The highest BCUT2D eigenvalue weighted by Gasteiger charge is 2.04. The van der Waals surface area contributed by atoms with Crippen LogP contribution in [0.5, 0.6) is 5.75 Å². The average molecular weight is 350 g/mol. The third-order valence-corrected chi connectivity index (χ3v) is 3.35. The fourth-order valence-electron chi connectivity index (χ4n) is 2.14. The number of nitrogens with zero attached hydrogens (tertiary/aromatic N) is 4. The van der Waals surface area contributed by atoms with Gasteiger partial charge in [0.25, 0.3) is 5.91 Å². The number of anilines is 2. The smallest absolute Gasteiger partial charge is 0.263 e. The lowest BCUT2D eigenvalue weighted by atomic mass is 10.2. The summed E-state index contributed by atoms with van der Waals surface area (Å²) in [4.78, 5) is 19.9. The maximum absolute atomic E-state index is 11.8. The number of nitrogens with two attached hydrogens (primary N) is 1. The molecule has 8 nitrogen and oxygen atoms in total. The van der Waals surface area contributed by atoms with E-state index in [9.17, 15) is 4.79 Å². The van der Waals surface area contributed by atoms with Gasteiger partial charge in [0.1, 0.15) is 11.6 Å². The largest absolute Gasteiger partial charge is 0.484 e. The zero-order valence-electron chi connectivity index (χ0n) is 14.2. The monoisotopic (exact) mass is 350 g/mol. The summed E-state index contributed by atoms with van der Waals surface area (Å²) in [7, 11) is 0. The predicted molar refractivity (Wildman–Crippen MR) is 99.2 cm³/mol. The number of amides is 1. The number of benzene rings is 1. The molecule has 0 aliphatic heterocycles. The number of aryl methyl sites for hydroxylation is 1. The van der Waals surface area contributed by atoms with E-state index in [0.717, 1.165) is 11.3 Å². The van der Waals surface area contributed by atoms with Crippen LogP contribution in [-0.4, -0.2) is 33.4 Å². The van der Waals surface area contributed by atoms with Crippen molar-refractivity contribution in [2.24, 2.45) is 5.10 Å². The van der Waals surface area contributed by atoms with E-state index in [4.69, 9.17) is 10.5 Å². The van der Waals surface area contributed by atoms with E-state index in [2.05, 4.69) is 20.4 Å².